The van der Waals surface area contributed by atoms with Crippen LogP contribution in [-0.4, -0.2) is 30.7 Å². The quantitative estimate of drug-likeness (QED) is 0.578. The third kappa shape index (κ3) is 3.52. The van der Waals surface area contributed by atoms with Gasteiger partial charge in [0.25, 0.3) is 5.91 Å². The zero-order valence-corrected chi connectivity index (χ0v) is 17.4. The van der Waals surface area contributed by atoms with E-state index < -0.39 is 5.97 Å². The van der Waals surface area contributed by atoms with Gasteiger partial charge in [0.2, 0.25) is 0 Å². The van der Waals surface area contributed by atoms with E-state index in [1.807, 2.05) is 19.9 Å². The summed E-state index contributed by atoms with van der Waals surface area (Å²) in [7, 11) is 1.33. The predicted molar refractivity (Wildman–Crippen MR) is 111 cm³/mol. The lowest BCUT2D eigenvalue weighted by atomic mass is 10.0. The number of fused-ring (bicyclic) bond motifs is 1. The largest absolute Gasteiger partial charge is 0.482 e. The minimum Gasteiger partial charge on any atom is -0.482 e. The highest BCUT2D eigenvalue weighted by atomic mass is 35.5. The van der Waals surface area contributed by atoms with E-state index in [0.717, 1.165) is 22.4 Å². The number of aryl methyl sites for hydroxylation is 2. The molecule has 0 saturated carbocycles. The molecule has 2 aromatic carbocycles. The van der Waals surface area contributed by atoms with Crippen molar-refractivity contribution in [1.29, 1.82) is 0 Å². The van der Waals surface area contributed by atoms with Gasteiger partial charge in [-0.2, -0.15) is 0 Å². The highest BCUT2D eigenvalue weighted by Gasteiger charge is 2.28. The summed E-state index contributed by atoms with van der Waals surface area (Å²) < 4.78 is 15.7. The lowest BCUT2D eigenvalue weighted by Gasteiger charge is -2.30. The number of anilines is 1. The molecule has 3 aromatic rings. The second kappa shape index (κ2) is 7.84. The van der Waals surface area contributed by atoms with Crippen LogP contribution in [0, 0.1) is 13.8 Å². The number of ether oxygens (including phenoxy) is 2. The molecule has 2 heterocycles. The molecule has 4 rings (SSSR count). The number of carbonyl (C=O) groups is 2. The van der Waals surface area contributed by atoms with Gasteiger partial charge in [-0.25, -0.2) is 4.79 Å². The molecule has 0 aliphatic carbocycles. The number of amides is 1. The zero-order chi connectivity index (χ0) is 21.4. The van der Waals surface area contributed by atoms with Crippen molar-refractivity contribution in [2.24, 2.45) is 0 Å². The van der Waals surface area contributed by atoms with Crippen molar-refractivity contribution < 1.29 is 23.6 Å². The van der Waals surface area contributed by atoms with Gasteiger partial charge in [0.05, 0.1) is 35.6 Å². The smallest absolute Gasteiger partial charge is 0.337 e. The standard InChI is InChI=1S/C22H19ClN2O5/c1-12-21(13(2)30-24-12)16-8-19-18(9-17(16)23)25(20(26)11-29-19)10-14-5-4-6-15(7-14)22(27)28-3/h4-9H,10-11H2,1-3H3. The maximum atomic E-state index is 12.6. The van der Waals surface area contributed by atoms with E-state index in [1.165, 1.54) is 7.11 Å². The van der Waals surface area contributed by atoms with E-state index in [4.69, 9.17) is 25.6 Å². The molecule has 0 fully saturated rings. The van der Waals surface area contributed by atoms with Gasteiger partial charge in [-0.3, -0.25) is 4.79 Å². The summed E-state index contributed by atoms with van der Waals surface area (Å²) in [5.74, 6) is 0.556. The molecule has 7 nitrogen and oxygen atoms in total. The highest BCUT2D eigenvalue weighted by molar-refractivity contribution is 6.34. The van der Waals surface area contributed by atoms with E-state index in [2.05, 4.69) is 5.16 Å². The fourth-order valence-corrected chi connectivity index (χ4v) is 3.80. The van der Waals surface area contributed by atoms with Crippen LogP contribution < -0.4 is 9.64 Å². The summed E-state index contributed by atoms with van der Waals surface area (Å²) in [5.41, 5.74) is 4.02. The minimum absolute atomic E-state index is 0.0909. The fraction of sp³-hybridized carbons (Fsp3) is 0.227. The van der Waals surface area contributed by atoms with E-state index in [0.29, 0.717) is 27.8 Å². The Hall–Kier alpha value is -3.32. The number of methoxy groups -OCH3 is 1. The molecule has 30 heavy (non-hydrogen) atoms. The summed E-state index contributed by atoms with van der Waals surface area (Å²) in [6, 6.07) is 10.5. The number of aromatic nitrogens is 1. The fourth-order valence-electron chi connectivity index (χ4n) is 3.55. The van der Waals surface area contributed by atoms with Gasteiger partial charge < -0.3 is 18.9 Å². The van der Waals surface area contributed by atoms with Crippen LogP contribution in [0.2, 0.25) is 5.02 Å². The van der Waals surface area contributed by atoms with Crippen molar-refractivity contribution in [2.45, 2.75) is 20.4 Å². The molecule has 0 spiro atoms. The monoisotopic (exact) mass is 426 g/mol. The predicted octanol–water partition coefficient (Wildman–Crippen LogP) is 4.32. The summed E-state index contributed by atoms with van der Waals surface area (Å²) in [6.45, 7) is 3.83. The van der Waals surface area contributed by atoms with Gasteiger partial charge in [-0.1, -0.05) is 28.9 Å². The maximum absolute atomic E-state index is 12.6. The van der Waals surface area contributed by atoms with E-state index in [9.17, 15) is 9.59 Å². The molecule has 1 aliphatic rings. The Balaban J connectivity index is 1.72. The van der Waals surface area contributed by atoms with Gasteiger partial charge in [0.1, 0.15) is 11.5 Å². The topological polar surface area (TPSA) is 81.9 Å². The Bertz CT molecular complexity index is 1130. The number of halogens is 1. The van der Waals surface area contributed by atoms with Gasteiger partial charge in [0, 0.05) is 11.1 Å². The number of rotatable bonds is 4. The molecule has 0 radical (unpaired) electrons. The molecule has 0 unspecified atom stereocenters. The molecule has 0 saturated heterocycles. The summed E-state index contributed by atoms with van der Waals surface area (Å²) >= 11 is 6.57. The first kappa shape index (κ1) is 20.0. The van der Waals surface area contributed by atoms with E-state index >= 15 is 0 Å². The van der Waals surface area contributed by atoms with Crippen LogP contribution in [-0.2, 0) is 16.1 Å². The zero-order valence-electron chi connectivity index (χ0n) is 16.7. The Morgan fingerprint density at radius 3 is 2.77 bits per heavy atom. The van der Waals surface area contributed by atoms with Crippen molar-refractivity contribution in [3.8, 4) is 16.9 Å². The van der Waals surface area contributed by atoms with Crippen LogP contribution in [0.1, 0.15) is 27.4 Å². The first-order valence-electron chi connectivity index (χ1n) is 9.26. The molecule has 0 N–H and O–H groups in total. The number of esters is 1. The Kier molecular flexibility index (Phi) is 5.22. The summed E-state index contributed by atoms with van der Waals surface area (Å²) in [4.78, 5) is 26.0. The van der Waals surface area contributed by atoms with Crippen LogP contribution in [0.4, 0.5) is 5.69 Å². The number of hydrogen-bond acceptors (Lipinski definition) is 6. The second-order valence-electron chi connectivity index (χ2n) is 6.96. The van der Waals surface area contributed by atoms with Crippen LogP contribution in [0.25, 0.3) is 11.1 Å². The lowest BCUT2D eigenvalue weighted by Crippen LogP contribution is -2.38. The highest BCUT2D eigenvalue weighted by Crippen LogP contribution is 2.42. The van der Waals surface area contributed by atoms with Crippen molar-refractivity contribution in [1.82, 2.24) is 5.16 Å². The number of carbonyl (C=O) groups excluding carboxylic acids is 2. The number of nitrogens with zero attached hydrogens (tertiary/aromatic N) is 2. The molecule has 154 valence electrons. The molecule has 1 aliphatic heterocycles. The first-order chi connectivity index (χ1) is 14.4. The molecular weight excluding hydrogens is 408 g/mol. The molecular formula is C22H19ClN2O5. The summed E-state index contributed by atoms with van der Waals surface area (Å²) in [5, 5.41) is 4.43. The lowest BCUT2D eigenvalue weighted by molar-refractivity contribution is -0.121. The molecule has 1 amide bonds. The van der Waals surface area contributed by atoms with Gasteiger partial charge >= 0.3 is 5.97 Å². The van der Waals surface area contributed by atoms with Crippen molar-refractivity contribution in [3.63, 3.8) is 0 Å². The van der Waals surface area contributed by atoms with Gasteiger partial charge in [-0.05, 0) is 43.7 Å². The van der Waals surface area contributed by atoms with E-state index in [-0.39, 0.29) is 19.1 Å². The van der Waals surface area contributed by atoms with Crippen molar-refractivity contribution in [3.05, 3.63) is 64.0 Å². The van der Waals surface area contributed by atoms with Gasteiger partial charge in [0.15, 0.2) is 6.61 Å². The SMILES string of the molecule is COC(=O)c1cccc(CN2C(=O)COc3cc(-c4c(C)noc4C)c(Cl)cc32)c1. The maximum Gasteiger partial charge on any atom is 0.337 e. The van der Waals surface area contributed by atoms with Crippen LogP contribution in [0.15, 0.2) is 40.9 Å². The molecule has 1 aromatic heterocycles. The average Bonchev–Trinajstić information content (AvgIpc) is 3.07. The van der Waals surface area contributed by atoms with Gasteiger partial charge in [-0.15, -0.1) is 0 Å². The first-order valence-corrected chi connectivity index (χ1v) is 9.64. The molecule has 0 atom stereocenters. The Morgan fingerprint density at radius 1 is 1.27 bits per heavy atom. The molecule has 0 bridgehead atoms. The van der Waals surface area contributed by atoms with E-state index in [1.54, 1.807) is 35.2 Å². The number of hydrogen-bond donors (Lipinski definition) is 0. The molecule has 8 heteroatoms. The van der Waals surface area contributed by atoms with Crippen molar-refractivity contribution in [2.75, 3.05) is 18.6 Å². The summed E-state index contributed by atoms with van der Waals surface area (Å²) in [6.07, 6.45) is 0. The minimum atomic E-state index is -0.433. The Morgan fingerprint density at radius 2 is 2.07 bits per heavy atom. The Labute approximate surface area is 178 Å². The third-order valence-electron chi connectivity index (χ3n) is 4.98. The van der Waals surface area contributed by atoms with Crippen molar-refractivity contribution >= 4 is 29.2 Å². The third-order valence-corrected chi connectivity index (χ3v) is 5.30. The average molecular weight is 427 g/mol. The normalized spacial score (nSPS) is 13.1. The van der Waals surface area contributed by atoms with Crippen LogP contribution in [0.3, 0.4) is 0 Å². The van der Waals surface area contributed by atoms with Crippen LogP contribution in [0.5, 0.6) is 5.75 Å². The van der Waals surface area contributed by atoms with Crippen LogP contribution >= 0.6 is 11.6 Å². The number of benzene rings is 2. The second-order valence-corrected chi connectivity index (χ2v) is 7.37.